The van der Waals surface area contributed by atoms with Crippen LogP contribution in [0.15, 0.2) is 27.8 Å². The number of aromatic amines is 1. The Kier molecular flexibility index (Phi) is 6.37. The summed E-state index contributed by atoms with van der Waals surface area (Å²) in [6.45, 7) is 3.86. The van der Waals surface area contributed by atoms with E-state index in [1.165, 1.54) is 6.07 Å². The van der Waals surface area contributed by atoms with E-state index in [1.54, 1.807) is 30.8 Å². The van der Waals surface area contributed by atoms with E-state index in [0.29, 0.717) is 22.4 Å². The highest BCUT2D eigenvalue weighted by Crippen LogP contribution is 2.23. The quantitative estimate of drug-likeness (QED) is 0.563. The SMILES string of the molecule is CCn1c(=O)[nH]c2cc(C(=O)Nc3nc(C4CCNCC4)nn3C)ccc2c1=O.Cl. The van der Waals surface area contributed by atoms with Crippen LogP contribution in [0.3, 0.4) is 0 Å². The molecule has 1 aliphatic rings. The van der Waals surface area contributed by atoms with Crippen LogP contribution in [-0.4, -0.2) is 43.3 Å². The lowest BCUT2D eigenvalue weighted by Crippen LogP contribution is -2.34. The van der Waals surface area contributed by atoms with E-state index in [-0.39, 0.29) is 36.3 Å². The highest BCUT2D eigenvalue weighted by Gasteiger charge is 2.21. The van der Waals surface area contributed by atoms with Crippen LogP contribution < -0.4 is 21.9 Å². The van der Waals surface area contributed by atoms with Crippen LogP contribution in [0, 0.1) is 0 Å². The highest BCUT2D eigenvalue weighted by atomic mass is 35.5. The van der Waals surface area contributed by atoms with Crippen LogP contribution in [0.1, 0.15) is 41.9 Å². The van der Waals surface area contributed by atoms with Crippen molar-refractivity contribution in [2.45, 2.75) is 32.2 Å². The van der Waals surface area contributed by atoms with E-state index in [1.807, 2.05) is 0 Å². The van der Waals surface area contributed by atoms with Crippen LogP contribution in [0.25, 0.3) is 10.9 Å². The maximum absolute atomic E-state index is 12.7. The number of carbonyl (C=O) groups is 1. The number of anilines is 1. The number of aryl methyl sites for hydroxylation is 1. The molecule has 0 bridgehead atoms. The molecule has 3 heterocycles. The number of hydrogen-bond acceptors (Lipinski definition) is 6. The summed E-state index contributed by atoms with van der Waals surface area (Å²) in [5.74, 6) is 0.977. The van der Waals surface area contributed by atoms with Gasteiger partial charge >= 0.3 is 5.69 Å². The van der Waals surface area contributed by atoms with Gasteiger partial charge in [0.25, 0.3) is 11.5 Å². The molecule has 1 fully saturated rings. The number of amides is 1. The molecule has 160 valence electrons. The average Bonchev–Trinajstić information content (AvgIpc) is 3.09. The fourth-order valence-electron chi connectivity index (χ4n) is 3.62. The third-order valence-corrected chi connectivity index (χ3v) is 5.27. The first-order valence-electron chi connectivity index (χ1n) is 9.67. The molecule has 1 amide bonds. The molecule has 0 radical (unpaired) electrons. The van der Waals surface area contributed by atoms with Gasteiger partial charge in [0.15, 0.2) is 5.82 Å². The molecule has 0 atom stereocenters. The van der Waals surface area contributed by atoms with Crippen molar-refractivity contribution in [3.8, 4) is 0 Å². The molecule has 11 heteroatoms. The molecule has 10 nitrogen and oxygen atoms in total. The van der Waals surface area contributed by atoms with E-state index in [9.17, 15) is 14.4 Å². The second kappa shape index (κ2) is 8.80. The summed E-state index contributed by atoms with van der Waals surface area (Å²) >= 11 is 0. The van der Waals surface area contributed by atoms with Gasteiger partial charge in [0, 0.05) is 25.1 Å². The monoisotopic (exact) mass is 433 g/mol. The van der Waals surface area contributed by atoms with Crippen LogP contribution in [0.5, 0.6) is 0 Å². The van der Waals surface area contributed by atoms with Gasteiger partial charge < -0.3 is 10.3 Å². The lowest BCUT2D eigenvalue weighted by atomic mass is 9.98. The van der Waals surface area contributed by atoms with Gasteiger partial charge in [0.1, 0.15) is 0 Å². The van der Waals surface area contributed by atoms with Crippen LogP contribution in [-0.2, 0) is 13.6 Å². The Bertz CT molecular complexity index is 1190. The lowest BCUT2D eigenvalue weighted by molar-refractivity contribution is 0.102. The summed E-state index contributed by atoms with van der Waals surface area (Å²) in [5, 5.41) is 10.9. The predicted molar refractivity (Wildman–Crippen MR) is 116 cm³/mol. The van der Waals surface area contributed by atoms with Crippen LogP contribution >= 0.6 is 12.4 Å². The maximum atomic E-state index is 12.7. The highest BCUT2D eigenvalue weighted by molar-refractivity contribution is 6.05. The van der Waals surface area contributed by atoms with Gasteiger partial charge in [0.2, 0.25) is 5.95 Å². The van der Waals surface area contributed by atoms with Gasteiger partial charge in [-0.25, -0.2) is 9.48 Å². The van der Waals surface area contributed by atoms with Gasteiger partial charge in [-0.05, 0) is 51.1 Å². The molecule has 1 saturated heterocycles. The van der Waals surface area contributed by atoms with Gasteiger partial charge in [-0.1, -0.05) is 0 Å². The molecular formula is C19H24ClN7O3. The normalized spacial score (nSPS) is 14.5. The number of piperidine rings is 1. The van der Waals surface area contributed by atoms with Crippen molar-refractivity contribution in [1.29, 1.82) is 0 Å². The smallest absolute Gasteiger partial charge is 0.317 e. The number of rotatable bonds is 4. The molecule has 3 aromatic rings. The minimum Gasteiger partial charge on any atom is -0.317 e. The summed E-state index contributed by atoms with van der Waals surface area (Å²) in [7, 11) is 1.73. The van der Waals surface area contributed by atoms with Gasteiger partial charge in [-0.2, -0.15) is 10.1 Å². The van der Waals surface area contributed by atoms with E-state index < -0.39 is 5.69 Å². The van der Waals surface area contributed by atoms with Gasteiger partial charge in [-0.15, -0.1) is 12.4 Å². The molecule has 3 N–H and O–H groups in total. The topological polar surface area (TPSA) is 127 Å². The number of benzene rings is 1. The second-order valence-electron chi connectivity index (χ2n) is 7.14. The number of nitrogens with zero attached hydrogens (tertiary/aromatic N) is 4. The number of hydrogen-bond donors (Lipinski definition) is 3. The molecule has 0 unspecified atom stereocenters. The van der Waals surface area contributed by atoms with Crippen molar-refractivity contribution in [2.75, 3.05) is 18.4 Å². The average molecular weight is 434 g/mol. The zero-order valence-corrected chi connectivity index (χ0v) is 17.6. The summed E-state index contributed by atoms with van der Waals surface area (Å²) in [4.78, 5) is 44.3. The molecule has 1 aliphatic heterocycles. The first kappa shape index (κ1) is 21.7. The number of fused-ring (bicyclic) bond motifs is 1. The van der Waals surface area contributed by atoms with E-state index in [0.717, 1.165) is 36.3 Å². The third kappa shape index (κ3) is 4.01. The van der Waals surface area contributed by atoms with Gasteiger partial charge in [0.05, 0.1) is 10.9 Å². The Morgan fingerprint density at radius 1 is 1.27 bits per heavy atom. The Balaban J connectivity index is 0.00000256. The minimum absolute atomic E-state index is 0. The second-order valence-corrected chi connectivity index (χ2v) is 7.14. The molecular weight excluding hydrogens is 410 g/mol. The van der Waals surface area contributed by atoms with Crippen molar-refractivity contribution in [3.05, 3.63) is 50.4 Å². The summed E-state index contributed by atoms with van der Waals surface area (Å²) < 4.78 is 2.67. The van der Waals surface area contributed by atoms with Crippen molar-refractivity contribution in [2.24, 2.45) is 7.05 Å². The molecule has 4 rings (SSSR count). The first-order valence-corrected chi connectivity index (χ1v) is 9.67. The van der Waals surface area contributed by atoms with E-state index >= 15 is 0 Å². The van der Waals surface area contributed by atoms with E-state index in [4.69, 9.17) is 0 Å². The predicted octanol–water partition coefficient (Wildman–Crippen LogP) is 0.979. The first-order chi connectivity index (χ1) is 14.0. The summed E-state index contributed by atoms with van der Waals surface area (Å²) in [6.07, 6.45) is 1.93. The Labute approximate surface area is 178 Å². The number of H-pyrrole nitrogens is 1. The third-order valence-electron chi connectivity index (χ3n) is 5.27. The Morgan fingerprint density at radius 3 is 2.70 bits per heavy atom. The van der Waals surface area contributed by atoms with Crippen molar-refractivity contribution >= 4 is 35.2 Å². The summed E-state index contributed by atoms with van der Waals surface area (Å²) in [5.41, 5.74) is -0.237. The summed E-state index contributed by atoms with van der Waals surface area (Å²) in [6, 6.07) is 4.60. The van der Waals surface area contributed by atoms with Crippen LogP contribution in [0.2, 0.25) is 0 Å². The van der Waals surface area contributed by atoms with Crippen molar-refractivity contribution < 1.29 is 4.79 Å². The van der Waals surface area contributed by atoms with E-state index in [2.05, 4.69) is 25.7 Å². The Morgan fingerprint density at radius 2 is 2.00 bits per heavy atom. The molecule has 1 aromatic carbocycles. The molecule has 30 heavy (non-hydrogen) atoms. The van der Waals surface area contributed by atoms with Gasteiger partial charge in [-0.3, -0.25) is 19.5 Å². The van der Waals surface area contributed by atoms with Crippen molar-refractivity contribution in [3.63, 3.8) is 0 Å². The molecule has 0 aliphatic carbocycles. The minimum atomic E-state index is -0.498. The zero-order chi connectivity index (χ0) is 20.5. The zero-order valence-electron chi connectivity index (χ0n) is 16.8. The molecule has 2 aromatic heterocycles. The standard InChI is InChI=1S/C19H23N7O3.ClH/c1-3-26-17(28)13-5-4-12(10-14(13)21-19(26)29)16(27)23-18-22-15(24-25(18)2)11-6-8-20-9-7-11;/h4-5,10-11,20H,3,6-9H2,1-2H3,(H,21,29)(H,22,23,24,27);1H. The lowest BCUT2D eigenvalue weighted by Gasteiger charge is -2.19. The Hall–Kier alpha value is -2.98. The molecule has 0 spiro atoms. The number of halogens is 1. The van der Waals surface area contributed by atoms with Crippen molar-refractivity contribution in [1.82, 2.24) is 29.6 Å². The molecule has 0 saturated carbocycles. The van der Waals surface area contributed by atoms with Crippen LogP contribution in [0.4, 0.5) is 5.95 Å². The number of aromatic nitrogens is 5. The largest absolute Gasteiger partial charge is 0.328 e. The fraction of sp³-hybridized carbons (Fsp3) is 0.421. The number of nitrogens with one attached hydrogen (secondary N) is 3. The number of carbonyl (C=O) groups excluding carboxylic acids is 1. The maximum Gasteiger partial charge on any atom is 0.328 e. The fourth-order valence-corrected chi connectivity index (χ4v) is 3.62.